The predicted octanol–water partition coefficient (Wildman–Crippen LogP) is -4.36. The van der Waals surface area contributed by atoms with Gasteiger partial charge in [-0.2, -0.15) is 0 Å². The van der Waals surface area contributed by atoms with E-state index in [1.54, 1.807) is 0 Å². The van der Waals surface area contributed by atoms with Crippen LogP contribution in [-0.2, 0) is 22.4 Å². The maximum Gasteiger partial charge on any atom is 0 e. The van der Waals surface area contributed by atoms with E-state index in [0.29, 0.717) is 0 Å². The van der Waals surface area contributed by atoms with Gasteiger partial charge in [-0.15, -0.1) is 0 Å². The van der Waals surface area contributed by atoms with Crippen LogP contribution < -0.4 is 0 Å². The van der Waals surface area contributed by atoms with Crippen molar-refractivity contribution in [3.05, 3.63) is 0 Å². The fourth-order valence-corrected chi connectivity index (χ4v) is 0. The van der Waals surface area contributed by atoms with Crippen LogP contribution in [0.2, 0.25) is 0 Å². The predicted molar refractivity (Wildman–Crippen MR) is 34.0 cm³/mol. The summed E-state index contributed by atoms with van der Waals surface area (Å²) >= 11 is 0. The summed E-state index contributed by atoms with van der Waals surface area (Å²) in [6.07, 6.45) is 0. The first-order valence-electron chi connectivity index (χ1n) is 0. The molecule has 29 valence electrons. The first-order valence-corrected chi connectivity index (χ1v) is 0. The van der Waals surface area contributed by atoms with Gasteiger partial charge in [0, 0.05) is 22.4 Å². The van der Waals surface area contributed by atoms with Crippen LogP contribution in [0.3, 0.4) is 0 Å². The van der Waals surface area contributed by atoms with Crippen LogP contribution in [-0.4, -0.2) is 52.8 Å². The van der Waals surface area contributed by atoms with Crippen molar-refractivity contribution in [2.24, 2.45) is 0 Å². The quantitative estimate of drug-likeness (QED) is 0.396. The molecule has 0 aliphatic rings. The molecule has 0 fully saturated rings. The van der Waals surface area contributed by atoms with Crippen molar-refractivity contribution >= 4 is 52.8 Å². The molecule has 0 aliphatic carbocycles. The van der Waals surface area contributed by atoms with Crippen LogP contribution in [0.4, 0.5) is 0 Å². The molecule has 0 amide bonds. The average Bonchev–Trinajstić information content (AvgIpc) is 0. The van der Waals surface area contributed by atoms with E-state index in [1.807, 2.05) is 0 Å². The largest absolute Gasteiger partial charge is 0 e. The first kappa shape index (κ1) is 32.7. The van der Waals surface area contributed by atoms with Crippen molar-refractivity contribution < 1.29 is 22.4 Å². The van der Waals surface area contributed by atoms with Crippen molar-refractivity contribution in [3.63, 3.8) is 0 Å². The van der Waals surface area contributed by atoms with Gasteiger partial charge in [-0.1, -0.05) is 0 Å². The molecule has 0 rings (SSSR count). The summed E-state index contributed by atoms with van der Waals surface area (Å²) in [5.74, 6) is 0. The van der Waals surface area contributed by atoms with Crippen LogP contribution in [0.5, 0.6) is 0 Å². The smallest absolute Gasteiger partial charge is 0 e. The van der Waals surface area contributed by atoms with Gasteiger partial charge in [0.1, 0.15) is 0 Å². The zero-order valence-electron chi connectivity index (χ0n) is 0.447. The van der Waals surface area contributed by atoms with Crippen LogP contribution in [0.1, 0.15) is 0 Å². The fourth-order valence-electron chi connectivity index (χ4n) is 0. The monoisotopic (exact) mass is 327 g/mol. The second kappa shape index (κ2) is 18.3. The Bertz CT molecular complexity index is 3.25. The molecule has 0 aromatic rings. The molecule has 0 aromatic carbocycles. The van der Waals surface area contributed by atoms with Crippen molar-refractivity contribution in [2.45, 2.75) is 0 Å². The van der Waals surface area contributed by atoms with Crippen molar-refractivity contribution in [2.75, 3.05) is 0 Å². The third kappa shape index (κ3) is 8.84. The Morgan fingerprint density at radius 1 is 0.500 bits per heavy atom. The molecule has 0 aliphatic heterocycles. The molecule has 1 radical (unpaired) electrons. The molecule has 0 unspecified atom stereocenters. The van der Waals surface area contributed by atoms with Gasteiger partial charge in [-0.25, -0.2) is 0 Å². The minimum atomic E-state index is 0. The maximum atomic E-state index is 0. The fraction of sp³-hybridized carbons (Fsp3) is 0. The van der Waals surface area contributed by atoms with Crippen molar-refractivity contribution in [1.29, 1.82) is 0 Å². The van der Waals surface area contributed by atoms with Crippen LogP contribution >= 0.6 is 0 Å². The summed E-state index contributed by atoms with van der Waals surface area (Å²) in [4.78, 5) is 0. The number of rotatable bonds is 0. The molecule has 0 N–H and O–H groups in total. The average molecular weight is 323 g/mol. The summed E-state index contributed by atoms with van der Waals surface area (Å²) in [5.41, 5.74) is 0. The van der Waals surface area contributed by atoms with Crippen LogP contribution in [0.25, 0.3) is 0 Å². The van der Waals surface area contributed by atoms with Crippen LogP contribution in [0.15, 0.2) is 0 Å². The van der Waals surface area contributed by atoms with Crippen LogP contribution in [0, 0.1) is 0 Å². The molecular weight excluding hydrogens is 311 g/mol. The Morgan fingerprint density at radius 2 is 0.500 bits per heavy atom. The summed E-state index contributed by atoms with van der Waals surface area (Å²) in [7, 11) is 0. The molecule has 0 aromatic heterocycles. The van der Waals surface area contributed by atoms with E-state index in [9.17, 15) is 0 Å². The van der Waals surface area contributed by atoms with Gasteiger partial charge in [0.15, 0.2) is 0 Å². The summed E-state index contributed by atoms with van der Waals surface area (Å²) < 4.78 is 0. The third-order valence-corrected chi connectivity index (χ3v) is 0. The van der Waals surface area contributed by atoms with E-state index in [1.165, 1.54) is 0 Å². The first-order chi connectivity index (χ1) is 0. The second-order valence-corrected chi connectivity index (χ2v) is 0. The minimum absolute atomic E-state index is 0. The molecule has 0 bridgehead atoms. The SMILES string of the molecule is [GeH4].[GeH4].[GeH4].[Nb]. The molecule has 0 spiro atoms. The zero-order chi connectivity index (χ0) is 0. The van der Waals surface area contributed by atoms with E-state index in [0.717, 1.165) is 0 Å². The van der Waals surface area contributed by atoms with Gasteiger partial charge in [-0.05, 0) is 0 Å². The third-order valence-electron chi connectivity index (χ3n) is 0. The molecule has 0 nitrogen and oxygen atoms in total. The van der Waals surface area contributed by atoms with Crippen molar-refractivity contribution in [1.82, 2.24) is 0 Å². The van der Waals surface area contributed by atoms with Gasteiger partial charge in [-0.3, -0.25) is 0 Å². The molecule has 4 heteroatoms. The van der Waals surface area contributed by atoms with Gasteiger partial charge in [0.05, 0.1) is 0 Å². The van der Waals surface area contributed by atoms with Gasteiger partial charge in [0.2, 0.25) is 0 Å². The Labute approximate surface area is 74.3 Å². The molecule has 0 saturated carbocycles. The van der Waals surface area contributed by atoms with Crippen molar-refractivity contribution in [3.8, 4) is 0 Å². The molecule has 0 heterocycles. The summed E-state index contributed by atoms with van der Waals surface area (Å²) in [6, 6.07) is 0. The Hall–Kier alpha value is 2.37. The minimum Gasteiger partial charge on any atom is 0 e. The van der Waals surface area contributed by atoms with E-state index >= 15 is 0 Å². The van der Waals surface area contributed by atoms with E-state index in [4.69, 9.17) is 0 Å². The van der Waals surface area contributed by atoms with Gasteiger partial charge >= 0.3 is 52.8 Å². The zero-order valence-corrected chi connectivity index (χ0v) is 2.65. The number of hydrogen-bond donors (Lipinski definition) is 0. The Morgan fingerprint density at radius 3 is 0.500 bits per heavy atom. The van der Waals surface area contributed by atoms with E-state index < -0.39 is 0 Å². The molecule has 0 saturated heterocycles. The summed E-state index contributed by atoms with van der Waals surface area (Å²) in [5, 5.41) is 0. The Kier molecular flexibility index (Phi) is 149. The van der Waals surface area contributed by atoms with E-state index in [-0.39, 0.29) is 75.2 Å². The Balaban J connectivity index is 0. The molecular formula is H12Ge3Nb. The second-order valence-electron chi connectivity index (χ2n) is 0. The van der Waals surface area contributed by atoms with Gasteiger partial charge < -0.3 is 0 Å². The molecule has 0 atom stereocenters. The standard InChI is InChI=1S/3GeH4.Nb/h3*1H4;. The topological polar surface area (TPSA) is 0 Å². The van der Waals surface area contributed by atoms with E-state index in [2.05, 4.69) is 0 Å². The maximum absolute atomic E-state index is 0. The summed E-state index contributed by atoms with van der Waals surface area (Å²) in [6.45, 7) is 0. The normalized spacial score (nSPS) is 0. The number of hydrogen-bond acceptors (Lipinski definition) is 0. The van der Waals surface area contributed by atoms with Gasteiger partial charge in [0.25, 0.3) is 0 Å². The molecule has 4 heavy (non-hydrogen) atoms.